The molecule has 0 bridgehead atoms. The highest BCUT2D eigenvalue weighted by Crippen LogP contribution is 2.24. The lowest BCUT2D eigenvalue weighted by Crippen LogP contribution is -2.21. The monoisotopic (exact) mass is 255 g/mol. The number of anilines is 1. The molecule has 1 unspecified atom stereocenters. The number of halogens is 1. The molecule has 0 spiro atoms. The van der Waals surface area contributed by atoms with Crippen LogP contribution in [0, 0.1) is 12.8 Å². The van der Waals surface area contributed by atoms with Gasteiger partial charge in [-0.3, -0.25) is 0 Å². The van der Waals surface area contributed by atoms with E-state index in [1.54, 1.807) is 0 Å². The van der Waals surface area contributed by atoms with E-state index in [0.29, 0.717) is 12.0 Å². The third-order valence-electron chi connectivity index (χ3n) is 2.51. The standard InChI is InChI=1S/C12H18BrN/c1-8(2)10(4)14-12-6-5-9(3)7-11(12)13/h5-8,10,14H,1-4H3. The van der Waals surface area contributed by atoms with E-state index in [4.69, 9.17) is 0 Å². The number of hydrogen-bond acceptors (Lipinski definition) is 1. The molecular formula is C12H18BrN. The van der Waals surface area contributed by atoms with E-state index in [-0.39, 0.29) is 0 Å². The molecule has 0 aliphatic rings. The molecule has 0 amide bonds. The summed E-state index contributed by atoms with van der Waals surface area (Å²) in [7, 11) is 0. The normalized spacial score (nSPS) is 13.0. The lowest BCUT2D eigenvalue weighted by molar-refractivity contribution is 0.560. The van der Waals surface area contributed by atoms with Crippen LogP contribution in [0.1, 0.15) is 26.3 Å². The lowest BCUT2D eigenvalue weighted by atomic mass is 10.1. The first-order chi connectivity index (χ1) is 6.50. The largest absolute Gasteiger partial charge is 0.381 e. The Morgan fingerprint density at radius 3 is 2.36 bits per heavy atom. The van der Waals surface area contributed by atoms with Crippen molar-refractivity contribution in [1.82, 2.24) is 0 Å². The quantitative estimate of drug-likeness (QED) is 0.854. The van der Waals surface area contributed by atoms with Crippen molar-refractivity contribution in [3.05, 3.63) is 28.2 Å². The summed E-state index contributed by atoms with van der Waals surface area (Å²) in [6.45, 7) is 8.75. The highest BCUT2D eigenvalue weighted by molar-refractivity contribution is 9.10. The minimum absolute atomic E-state index is 0.494. The Hall–Kier alpha value is -0.500. The van der Waals surface area contributed by atoms with Gasteiger partial charge in [0.25, 0.3) is 0 Å². The van der Waals surface area contributed by atoms with Crippen molar-refractivity contribution >= 4 is 21.6 Å². The number of nitrogens with one attached hydrogen (secondary N) is 1. The van der Waals surface area contributed by atoms with Crippen molar-refractivity contribution in [2.45, 2.75) is 33.7 Å². The van der Waals surface area contributed by atoms with Crippen LogP contribution in [0.5, 0.6) is 0 Å². The van der Waals surface area contributed by atoms with Gasteiger partial charge < -0.3 is 5.32 Å². The predicted octanol–water partition coefficient (Wildman–Crippen LogP) is 4.21. The van der Waals surface area contributed by atoms with Gasteiger partial charge in [-0.15, -0.1) is 0 Å². The second-order valence-electron chi connectivity index (χ2n) is 4.16. The molecule has 2 heteroatoms. The molecule has 1 nitrogen and oxygen atoms in total. The van der Waals surface area contributed by atoms with Gasteiger partial charge in [-0.25, -0.2) is 0 Å². The fourth-order valence-corrected chi connectivity index (χ4v) is 1.76. The Morgan fingerprint density at radius 2 is 1.86 bits per heavy atom. The zero-order valence-corrected chi connectivity index (χ0v) is 10.9. The van der Waals surface area contributed by atoms with Gasteiger partial charge in [0, 0.05) is 16.2 Å². The molecule has 1 rings (SSSR count). The molecule has 0 aromatic heterocycles. The molecule has 0 aliphatic heterocycles. The van der Waals surface area contributed by atoms with Crippen LogP contribution in [0.3, 0.4) is 0 Å². The topological polar surface area (TPSA) is 12.0 Å². The lowest BCUT2D eigenvalue weighted by Gasteiger charge is -2.19. The summed E-state index contributed by atoms with van der Waals surface area (Å²) in [6.07, 6.45) is 0. The molecule has 0 fully saturated rings. The van der Waals surface area contributed by atoms with Gasteiger partial charge in [-0.1, -0.05) is 19.9 Å². The molecule has 0 saturated carbocycles. The van der Waals surface area contributed by atoms with Gasteiger partial charge in [0.15, 0.2) is 0 Å². The Kier molecular flexibility index (Phi) is 3.99. The summed E-state index contributed by atoms with van der Waals surface area (Å²) in [5, 5.41) is 3.49. The molecule has 0 aliphatic carbocycles. The van der Waals surface area contributed by atoms with E-state index < -0.39 is 0 Å². The summed E-state index contributed by atoms with van der Waals surface area (Å²) in [5.41, 5.74) is 2.46. The number of hydrogen-bond donors (Lipinski definition) is 1. The molecular weight excluding hydrogens is 238 g/mol. The Morgan fingerprint density at radius 1 is 1.21 bits per heavy atom. The van der Waals surface area contributed by atoms with Crippen LogP contribution in [-0.2, 0) is 0 Å². The van der Waals surface area contributed by atoms with Gasteiger partial charge in [-0.2, -0.15) is 0 Å². The highest BCUT2D eigenvalue weighted by atomic mass is 79.9. The molecule has 0 radical (unpaired) electrons. The summed E-state index contributed by atoms with van der Waals surface area (Å²) in [5.74, 6) is 0.642. The Bertz CT molecular complexity index is 307. The van der Waals surface area contributed by atoms with E-state index in [1.807, 2.05) is 0 Å². The van der Waals surface area contributed by atoms with Crippen LogP contribution in [0.25, 0.3) is 0 Å². The maximum absolute atomic E-state index is 3.56. The third-order valence-corrected chi connectivity index (χ3v) is 3.16. The number of aryl methyl sites for hydroxylation is 1. The molecule has 1 atom stereocenters. The number of rotatable bonds is 3. The summed E-state index contributed by atoms with van der Waals surface area (Å²) in [4.78, 5) is 0. The Labute approximate surface area is 95.0 Å². The average molecular weight is 256 g/mol. The maximum Gasteiger partial charge on any atom is 0.0486 e. The highest BCUT2D eigenvalue weighted by Gasteiger charge is 2.08. The molecule has 0 saturated heterocycles. The molecule has 0 heterocycles. The molecule has 14 heavy (non-hydrogen) atoms. The van der Waals surface area contributed by atoms with Crippen LogP contribution in [-0.4, -0.2) is 6.04 Å². The van der Waals surface area contributed by atoms with Crippen LogP contribution in [0.4, 0.5) is 5.69 Å². The second kappa shape index (κ2) is 4.83. The minimum Gasteiger partial charge on any atom is -0.381 e. The number of benzene rings is 1. The molecule has 1 aromatic carbocycles. The van der Waals surface area contributed by atoms with Crippen molar-refractivity contribution in [3.8, 4) is 0 Å². The van der Waals surface area contributed by atoms with Crippen molar-refractivity contribution in [2.75, 3.05) is 5.32 Å². The fourth-order valence-electron chi connectivity index (χ4n) is 1.15. The van der Waals surface area contributed by atoms with Gasteiger partial charge in [0.2, 0.25) is 0 Å². The fraction of sp³-hybridized carbons (Fsp3) is 0.500. The summed E-state index contributed by atoms with van der Waals surface area (Å²) >= 11 is 3.56. The van der Waals surface area contributed by atoms with E-state index in [2.05, 4.69) is 67.1 Å². The zero-order valence-electron chi connectivity index (χ0n) is 9.26. The SMILES string of the molecule is Cc1ccc(NC(C)C(C)C)c(Br)c1. The molecule has 1 N–H and O–H groups in total. The summed E-state index contributed by atoms with van der Waals surface area (Å²) in [6, 6.07) is 6.88. The smallest absolute Gasteiger partial charge is 0.0486 e. The minimum atomic E-state index is 0.494. The van der Waals surface area contributed by atoms with Crippen LogP contribution >= 0.6 is 15.9 Å². The average Bonchev–Trinajstić information content (AvgIpc) is 2.09. The zero-order chi connectivity index (χ0) is 10.7. The maximum atomic E-state index is 3.56. The van der Waals surface area contributed by atoms with E-state index in [9.17, 15) is 0 Å². The van der Waals surface area contributed by atoms with Crippen molar-refractivity contribution < 1.29 is 0 Å². The van der Waals surface area contributed by atoms with Crippen LogP contribution in [0.2, 0.25) is 0 Å². The first-order valence-electron chi connectivity index (χ1n) is 5.03. The first-order valence-corrected chi connectivity index (χ1v) is 5.82. The summed E-state index contributed by atoms with van der Waals surface area (Å²) < 4.78 is 1.14. The van der Waals surface area contributed by atoms with E-state index in [0.717, 1.165) is 4.47 Å². The Balaban J connectivity index is 2.77. The van der Waals surface area contributed by atoms with Crippen molar-refractivity contribution in [2.24, 2.45) is 5.92 Å². The van der Waals surface area contributed by atoms with E-state index >= 15 is 0 Å². The van der Waals surface area contributed by atoms with Crippen molar-refractivity contribution in [3.63, 3.8) is 0 Å². The van der Waals surface area contributed by atoms with Gasteiger partial charge in [0.05, 0.1) is 0 Å². The van der Waals surface area contributed by atoms with Crippen LogP contribution in [0.15, 0.2) is 22.7 Å². The molecule has 1 aromatic rings. The predicted molar refractivity (Wildman–Crippen MR) is 66.8 cm³/mol. The third kappa shape index (κ3) is 3.02. The second-order valence-corrected chi connectivity index (χ2v) is 5.01. The van der Waals surface area contributed by atoms with E-state index in [1.165, 1.54) is 11.3 Å². The van der Waals surface area contributed by atoms with Crippen LogP contribution < -0.4 is 5.32 Å². The van der Waals surface area contributed by atoms with Gasteiger partial charge in [-0.05, 0) is 53.4 Å². The van der Waals surface area contributed by atoms with Gasteiger partial charge in [0.1, 0.15) is 0 Å². The van der Waals surface area contributed by atoms with Crippen molar-refractivity contribution in [1.29, 1.82) is 0 Å². The first kappa shape index (κ1) is 11.6. The van der Waals surface area contributed by atoms with Gasteiger partial charge >= 0.3 is 0 Å². The molecule has 78 valence electrons.